The number of hydrogen-bond donors (Lipinski definition) is 1. The maximum Gasteiger partial charge on any atom is 0.358 e. The Morgan fingerprint density at radius 3 is 2.76 bits per heavy atom. The summed E-state index contributed by atoms with van der Waals surface area (Å²) in [4.78, 5) is 16.0. The first-order valence-corrected chi connectivity index (χ1v) is 6.67. The summed E-state index contributed by atoms with van der Waals surface area (Å²) in [5, 5.41) is 14.6. The van der Waals surface area contributed by atoms with Crippen LogP contribution >= 0.6 is 0 Å². The average Bonchev–Trinajstić information content (AvgIpc) is 2.49. The molecule has 110 valence electrons. The minimum absolute atomic E-state index is 0.129. The molecule has 1 N–H and O–H groups in total. The van der Waals surface area contributed by atoms with Crippen LogP contribution in [-0.4, -0.2) is 30.5 Å². The minimum Gasteiger partial charge on any atom is -0.494 e. The molecule has 0 fully saturated rings. The predicted molar refractivity (Wildman–Crippen MR) is 80.9 cm³/mol. The Kier molecular flexibility index (Phi) is 4.77. The van der Waals surface area contributed by atoms with Crippen LogP contribution in [0, 0.1) is 0 Å². The number of carboxylic acid groups (broad SMARTS) is 1. The van der Waals surface area contributed by atoms with E-state index in [1.54, 1.807) is 12.1 Å². The molecule has 0 saturated carbocycles. The smallest absolute Gasteiger partial charge is 0.358 e. The molecule has 0 unspecified atom stereocenters. The standard InChI is InChI=1S/C16H17NO4/c1-3-9-21-12-8-7-11-5-4-6-13(14(11)10-12)15(16(18)19)17-20-2/h4-8,10H,3,9H2,1-2H3,(H,18,19)/b17-15+. The normalized spacial score (nSPS) is 11.4. The van der Waals surface area contributed by atoms with Crippen molar-refractivity contribution in [2.24, 2.45) is 5.16 Å². The third-order valence-electron chi connectivity index (χ3n) is 2.97. The molecule has 0 spiro atoms. The highest BCUT2D eigenvalue weighted by Gasteiger charge is 2.16. The van der Waals surface area contributed by atoms with Crippen LogP contribution in [0.2, 0.25) is 0 Å². The van der Waals surface area contributed by atoms with Crippen molar-refractivity contribution in [1.82, 2.24) is 0 Å². The fourth-order valence-corrected chi connectivity index (χ4v) is 2.06. The molecule has 2 aromatic carbocycles. The Balaban J connectivity index is 2.57. The van der Waals surface area contributed by atoms with Gasteiger partial charge in [-0.1, -0.05) is 36.3 Å². The number of benzene rings is 2. The Hall–Kier alpha value is -2.56. The third kappa shape index (κ3) is 3.31. The zero-order valence-corrected chi connectivity index (χ0v) is 12.0. The molecule has 0 aliphatic heterocycles. The van der Waals surface area contributed by atoms with E-state index >= 15 is 0 Å². The van der Waals surface area contributed by atoms with Gasteiger partial charge >= 0.3 is 5.97 Å². The number of carbonyl (C=O) groups is 1. The molecular formula is C16H17NO4. The van der Waals surface area contributed by atoms with E-state index in [0.29, 0.717) is 17.9 Å². The highest BCUT2D eigenvalue weighted by molar-refractivity contribution is 6.44. The quantitative estimate of drug-likeness (QED) is 0.655. The highest BCUT2D eigenvalue weighted by atomic mass is 16.6. The van der Waals surface area contributed by atoms with Crippen molar-refractivity contribution in [1.29, 1.82) is 0 Å². The van der Waals surface area contributed by atoms with E-state index in [1.807, 2.05) is 31.2 Å². The largest absolute Gasteiger partial charge is 0.494 e. The topological polar surface area (TPSA) is 68.1 Å². The zero-order chi connectivity index (χ0) is 15.2. The van der Waals surface area contributed by atoms with Crippen molar-refractivity contribution in [3.05, 3.63) is 42.0 Å². The van der Waals surface area contributed by atoms with Crippen molar-refractivity contribution < 1.29 is 19.5 Å². The molecule has 0 aliphatic carbocycles. The summed E-state index contributed by atoms with van der Waals surface area (Å²) in [6, 6.07) is 11.0. The van der Waals surface area contributed by atoms with Gasteiger partial charge in [0.2, 0.25) is 0 Å². The monoisotopic (exact) mass is 287 g/mol. The van der Waals surface area contributed by atoms with E-state index in [2.05, 4.69) is 9.99 Å². The van der Waals surface area contributed by atoms with Gasteiger partial charge in [-0.2, -0.15) is 0 Å². The van der Waals surface area contributed by atoms with Crippen LogP contribution in [0.4, 0.5) is 0 Å². The van der Waals surface area contributed by atoms with Gasteiger partial charge in [0.15, 0.2) is 5.71 Å². The number of aliphatic carboxylic acids is 1. The van der Waals surface area contributed by atoms with Crippen LogP contribution in [0.15, 0.2) is 41.6 Å². The van der Waals surface area contributed by atoms with E-state index in [-0.39, 0.29) is 5.71 Å². The number of rotatable bonds is 6. The summed E-state index contributed by atoms with van der Waals surface area (Å²) in [5.41, 5.74) is 0.375. The molecule has 0 saturated heterocycles. The summed E-state index contributed by atoms with van der Waals surface area (Å²) >= 11 is 0. The molecule has 0 amide bonds. The van der Waals surface area contributed by atoms with Crippen molar-refractivity contribution in [3.63, 3.8) is 0 Å². The van der Waals surface area contributed by atoms with E-state index in [0.717, 1.165) is 17.2 Å². The van der Waals surface area contributed by atoms with Gasteiger partial charge in [-0.05, 0) is 29.3 Å². The Morgan fingerprint density at radius 2 is 2.10 bits per heavy atom. The lowest BCUT2D eigenvalue weighted by Crippen LogP contribution is -2.15. The first kappa shape index (κ1) is 14.8. The van der Waals surface area contributed by atoms with Crippen LogP contribution in [0.3, 0.4) is 0 Å². The molecule has 21 heavy (non-hydrogen) atoms. The third-order valence-corrected chi connectivity index (χ3v) is 2.97. The molecule has 5 heteroatoms. The number of ether oxygens (including phenoxy) is 1. The lowest BCUT2D eigenvalue weighted by Gasteiger charge is -2.09. The summed E-state index contributed by atoms with van der Waals surface area (Å²) in [6.45, 7) is 2.64. The van der Waals surface area contributed by atoms with Gasteiger partial charge in [-0.25, -0.2) is 4.79 Å². The van der Waals surface area contributed by atoms with E-state index in [4.69, 9.17) is 4.74 Å². The fraction of sp³-hybridized carbons (Fsp3) is 0.250. The van der Waals surface area contributed by atoms with Crippen molar-refractivity contribution in [3.8, 4) is 5.75 Å². The second-order valence-electron chi connectivity index (χ2n) is 4.46. The first-order chi connectivity index (χ1) is 10.2. The second kappa shape index (κ2) is 6.74. The highest BCUT2D eigenvalue weighted by Crippen LogP contribution is 2.25. The number of hydrogen-bond acceptors (Lipinski definition) is 4. The van der Waals surface area contributed by atoms with Crippen molar-refractivity contribution in [2.45, 2.75) is 13.3 Å². The molecule has 2 aromatic rings. The molecule has 0 bridgehead atoms. The van der Waals surface area contributed by atoms with E-state index in [9.17, 15) is 9.90 Å². The number of carboxylic acids is 1. The van der Waals surface area contributed by atoms with Gasteiger partial charge < -0.3 is 14.7 Å². The van der Waals surface area contributed by atoms with E-state index < -0.39 is 5.97 Å². The minimum atomic E-state index is -1.13. The molecule has 0 aliphatic rings. The summed E-state index contributed by atoms with van der Waals surface area (Å²) in [7, 11) is 1.32. The van der Waals surface area contributed by atoms with Crippen LogP contribution < -0.4 is 4.74 Å². The lowest BCUT2D eigenvalue weighted by molar-refractivity contribution is -0.129. The Morgan fingerprint density at radius 1 is 1.29 bits per heavy atom. The SMILES string of the molecule is CCCOc1ccc2cccc(/C(=N\OC)C(=O)O)c2c1. The first-order valence-electron chi connectivity index (χ1n) is 6.67. The molecule has 0 radical (unpaired) electrons. The Bertz CT molecular complexity index is 679. The van der Waals surface area contributed by atoms with Gasteiger partial charge in [0.25, 0.3) is 0 Å². The van der Waals surface area contributed by atoms with Crippen LogP contribution in [0.1, 0.15) is 18.9 Å². The van der Waals surface area contributed by atoms with Gasteiger partial charge in [-0.15, -0.1) is 0 Å². The van der Waals surface area contributed by atoms with Gasteiger partial charge in [0, 0.05) is 5.56 Å². The van der Waals surface area contributed by atoms with Gasteiger partial charge in [-0.3, -0.25) is 0 Å². The molecular weight excluding hydrogens is 270 g/mol. The molecule has 2 rings (SSSR count). The van der Waals surface area contributed by atoms with Crippen LogP contribution in [0.25, 0.3) is 10.8 Å². The predicted octanol–water partition coefficient (Wildman–Crippen LogP) is 3.06. The van der Waals surface area contributed by atoms with Gasteiger partial charge in [0.05, 0.1) is 6.61 Å². The van der Waals surface area contributed by atoms with Crippen LogP contribution in [-0.2, 0) is 9.63 Å². The summed E-state index contributed by atoms with van der Waals surface area (Å²) in [5.74, 6) is -0.428. The van der Waals surface area contributed by atoms with Crippen molar-refractivity contribution >= 4 is 22.5 Å². The number of nitrogens with zero attached hydrogens (tertiary/aromatic N) is 1. The maximum absolute atomic E-state index is 11.3. The van der Waals surface area contributed by atoms with Gasteiger partial charge in [0.1, 0.15) is 12.9 Å². The molecule has 0 atom stereocenters. The summed E-state index contributed by atoms with van der Waals surface area (Å²) in [6.07, 6.45) is 0.908. The second-order valence-corrected chi connectivity index (χ2v) is 4.46. The van der Waals surface area contributed by atoms with Crippen molar-refractivity contribution in [2.75, 3.05) is 13.7 Å². The molecule has 0 aromatic heterocycles. The average molecular weight is 287 g/mol. The molecule has 5 nitrogen and oxygen atoms in total. The maximum atomic E-state index is 11.3. The fourth-order valence-electron chi connectivity index (χ4n) is 2.06. The van der Waals surface area contributed by atoms with E-state index in [1.165, 1.54) is 7.11 Å². The lowest BCUT2D eigenvalue weighted by atomic mass is 10.0. The number of oxime groups is 1. The van der Waals surface area contributed by atoms with Crippen LogP contribution in [0.5, 0.6) is 5.75 Å². The number of fused-ring (bicyclic) bond motifs is 1. The Labute approximate surface area is 122 Å². The zero-order valence-electron chi connectivity index (χ0n) is 12.0. The molecule has 0 heterocycles. The summed E-state index contributed by atoms with van der Waals surface area (Å²) < 4.78 is 5.60.